The molecule has 38 heavy (non-hydrogen) atoms. The van der Waals surface area contributed by atoms with Crippen molar-refractivity contribution in [2.24, 2.45) is 0 Å². The first-order valence-electron chi connectivity index (χ1n) is 13.2. The van der Waals surface area contributed by atoms with Crippen molar-refractivity contribution in [1.29, 1.82) is 0 Å². The molecule has 10 aromatic rings. The van der Waals surface area contributed by atoms with Crippen molar-refractivity contribution in [3.05, 3.63) is 121 Å². The third-order valence-electron chi connectivity index (χ3n) is 8.75. The highest BCUT2D eigenvalue weighted by molar-refractivity contribution is 6.45. The molecule has 0 fully saturated rings. The van der Waals surface area contributed by atoms with Gasteiger partial charge in [0, 0.05) is 43.1 Å². The van der Waals surface area contributed by atoms with Gasteiger partial charge in [0.05, 0.1) is 33.1 Å². The van der Waals surface area contributed by atoms with E-state index in [4.69, 9.17) is 0 Å². The van der Waals surface area contributed by atoms with Gasteiger partial charge in [-0.2, -0.15) is 0 Å². The van der Waals surface area contributed by atoms with Crippen LogP contribution in [-0.2, 0) is 0 Å². The molecular formula is C36H20N2. The minimum absolute atomic E-state index is 1.25. The fraction of sp³-hybridized carbons (Fsp3) is 0. The van der Waals surface area contributed by atoms with Gasteiger partial charge in [-0.25, -0.2) is 0 Å². The maximum Gasteiger partial charge on any atom is 0.0634 e. The van der Waals surface area contributed by atoms with Crippen molar-refractivity contribution in [3.63, 3.8) is 0 Å². The van der Waals surface area contributed by atoms with Gasteiger partial charge in [-0.3, -0.25) is 0 Å². The van der Waals surface area contributed by atoms with Crippen LogP contribution in [0.3, 0.4) is 0 Å². The van der Waals surface area contributed by atoms with Crippen molar-refractivity contribution < 1.29 is 0 Å². The lowest BCUT2D eigenvalue weighted by Gasteiger charge is -2.04. The van der Waals surface area contributed by atoms with Gasteiger partial charge in [0.15, 0.2) is 0 Å². The zero-order chi connectivity index (χ0) is 24.5. The molecule has 0 bridgehead atoms. The molecule has 6 aromatic carbocycles. The third-order valence-corrected chi connectivity index (χ3v) is 8.75. The van der Waals surface area contributed by atoms with Gasteiger partial charge in [-0.1, -0.05) is 97.1 Å². The summed E-state index contributed by atoms with van der Waals surface area (Å²) < 4.78 is 5.04. The van der Waals surface area contributed by atoms with E-state index in [-0.39, 0.29) is 0 Å². The van der Waals surface area contributed by atoms with Crippen LogP contribution in [0.5, 0.6) is 0 Å². The lowest BCUT2D eigenvalue weighted by Crippen LogP contribution is -1.82. The fourth-order valence-corrected chi connectivity index (χ4v) is 7.34. The van der Waals surface area contributed by atoms with Crippen LogP contribution in [0, 0.1) is 0 Å². The summed E-state index contributed by atoms with van der Waals surface area (Å²) in [6.07, 6.45) is 0. The smallest absolute Gasteiger partial charge is 0.0634 e. The number of hydrogen-bond acceptors (Lipinski definition) is 0. The third kappa shape index (κ3) is 2.02. The van der Waals surface area contributed by atoms with Crippen molar-refractivity contribution in [2.75, 3.05) is 0 Å². The van der Waals surface area contributed by atoms with Crippen molar-refractivity contribution >= 4 is 76.2 Å². The standard InChI is InChI=1S/C36H20N2/c1-2-10-21(11-3-1)22-18-19-26-30(20-22)38-29-17-9-6-14-25(29)32-31-23-12-4-7-15-27(23)37-28-16-8-5-13-24(28)33(35(31)37)34(26)36(32)38/h1-20H. The van der Waals surface area contributed by atoms with Crippen LogP contribution >= 0.6 is 0 Å². The van der Waals surface area contributed by atoms with E-state index >= 15 is 0 Å². The van der Waals surface area contributed by atoms with E-state index in [2.05, 4.69) is 130 Å². The molecule has 0 N–H and O–H groups in total. The quantitative estimate of drug-likeness (QED) is 0.221. The van der Waals surface area contributed by atoms with Crippen LogP contribution in [0.25, 0.3) is 87.3 Å². The Morgan fingerprint density at radius 3 is 1.26 bits per heavy atom. The highest BCUT2D eigenvalue weighted by Gasteiger charge is 2.28. The molecule has 0 aliphatic rings. The Morgan fingerprint density at radius 2 is 0.737 bits per heavy atom. The maximum atomic E-state index is 2.53. The largest absolute Gasteiger partial charge is 0.308 e. The molecule has 0 saturated carbocycles. The Hall–Kier alpha value is -5.08. The van der Waals surface area contributed by atoms with Gasteiger partial charge in [0.2, 0.25) is 0 Å². The summed E-state index contributed by atoms with van der Waals surface area (Å²) in [4.78, 5) is 0. The van der Waals surface area contributed by atoms with Gasteiger partial charge in [-0.15, -0.1) is 0 Å². The van der Waals surface area contributed by atoms with Gasteiger partial charge in [0.1, 0.15) is 0 Å². The number of nitrogens with zero attached hydrogens (tertiary/aromatic N) is 2. The lowest BCUT2D eigenvalue weighted by atomic mass is 9.97. The molecule has 0 radical (unpaired) electrons. The monoisotopic (exact) mass is 480 g/mol. The second kappa shape index (κ2) is 6.42. The topological polar surface area (TPSA) is 8.82 Å². The maximum absolute atomic E-state index is 2.53. The molecule has 0 aliphatic heterocycles. The summed E-state index contributed by atoms with van der Waals surface area (Å²) in [6, 6.07) is 44.6. The number of fused-ring (bicyclic) bond motifs is 14. The number of benzene rings is 6. The summed E-state index contributed by atoms with van der Waals surface area (Å²) in [5.41, 5.74) is 10.3. The van der Waals surface area contributed by atoms with Crippen molar-refractivity contribution in [1.82, 2.24) is 8.80 Å². The molecule has 10 rings (SSSR count). The van der Waals surface area contributed by atoms with E-state index in [0.29, 0.717) is 0 Å². The number of para-hydroxylation sites is 3. The number of rotatable bonds is 1. The van der Waals surface area contributed by atoms with Crippen molar-refractivity contribution in [3.8, 4) is 11.1 Å². The molecule has 4 heterocycles. The van der Waals surface area contributed by atoms with E-state index in [0.717, 1.165) is 0 Å². The molecule has 0 unspecified atom stereocenters. The SMILES string of the molecule is c1ccc(-c2ccc3c4c5c6ccccc6n6c7ccccc7c(c7c8ccccc8n(c3c2)c74)c56)cc1. The molecule has 0 spiro atoms. The minimum atomic E-state index is 1.25. The Labute approximate surface area is 217 Å². The molecule has 4 aromatic heterocycles. The summed E-state index contributed by atoms with van der Waals surface area (Å²) in [5.74, 6) is 0. The molecule has 2 nitrogen and oxygen atoms in total. The molecule has 174 valence electrons. The lowest BCUT2D eigenvalue weighted by molar-refractivity contribution is 1.37. The van der Waals surface area contributed by atoms with Crippen LogP contribution in [0.15, 0.2) is 121 Å². The predicted octanol–water partition coefficient (Wildman–Crippen LogP) is 9.65. The normalized spacial score (nSPS) is 12.7. The Balaban J connectivity index is 1.59. The minimum Gasteiger partial charge on any atom is -0.308 e. The molecule has 0 saturated heterocycles. The molecular weight excluding hydrogens is 460 g/mol. The van der Waals surface area contributed by atoms with Crippen LogP contribution in [0.2, 0.25) is 0 Å². The zero-order valence-electron chi connectivity index (χ0n) is 20.4. The molecule has 2 heteroatoms. The van der Waals surface area contributed by atoms with E-state index in [1.54, 1.807) is 0 Å². The highest BCUT2D eigenvalue weighted by atomic mass is 14.9. The second-order valence-corrected chi connectivity index (χ2v) is 10.5. The predicted molar refractivity (Wildman–Crippen MR) is 161 cm³/mol. The van der Waals surface area contributed by atoms with E-state index < -0.39 is 0 Å². The molecule has 0 aliphatic carbocycles. The van der Waals surface area contributed by atoms with Crippen LogP contribution in [-0.4, -0.2) is 8.80 Å². The zero-order valence-corrected chi connectivity index (χ0v) is 20.4. The number of aromatic nitrogens is 2. The van der Waals surface area contributed by atoms with Gasteiger partial charge in [0.25, 0.3) is 0 Å². The van der Waals surface area contributed by atoms with Crippen LogP contribution in [0.1, 0.15) is 0 Å². The Bertz CT molecular complexity index is 2540. The van der Waals surface area contributed by atoms with Crippen molar-refractivity contribution in [2.45, 2.75) is 0 Å². The summed E-state index contributed by atoms with van der Waals surface area (Å²) in [6.45, 7) is 0. The van der Waals surface area contributed by atoms with Gasteiger partial charge >= 0.3 is 0 Å². The van der Waals surface area contributed by atoms with E-state index in [1.165, 1.54) is 87.3 Å². The molecule has 0 amide bonds. The molecule has 0 atom stereocenters. The fourth-order valence-electron chi connectivity index (χ4n) is 7.34. The van der Waals surface area contributed by atoms with Gasteiger partial charge < -0.3 is 8.80 Å². The summed E-state index contributed by atoms with van der Waals surface area (Å²) in [7, 11) is 0. The highest BCUT2D eigenvalue weighted by Crippen LogP contribution is 2.51. The van der Waals surface area contributed by atoms with E-state index in [9.17, 15) is 0 Å². The van der Waals surface area contributed by atoms with Crippen LogP contribution < -0.4 is 0 Å². The Morgan fingerprint density at radius 1 is 0.316 bits per heavy atom. The Kier molecular flexibility index (Phi) is 3.23. The number of hydrogen-bond donors (Lipinski definition) is 0. The average molecular weight is 481 g/mol. The second-order valence-electron chi connectivity index (χ2n) is 10.5. The van der Waals surface area contributed by atoms with E-state index in [1.807, 2.05) is 0 Å². The first-order chi connectivity index (χ1) is 18.9. The van der Waals surface area contributed by atoms with Crippen LogP contribution in [0.4, 0.5) is 0 Å². The first kappa shape index (κ1) is 19.1. The summed E-state index contributed by atoms with van der Waals surface area (Å²) >= 11 is 0. The summed E-state index contributed by atoms with van der Waals surface area (Å²) in [5, 5.41) is 10.8. The van der Waals surface area contributed by atoms with Gasteiger partial charge in [-0.05, 0) is 35.4 Å². The first-order valence-corrected chi connectivity index (χ1v) is 13.2. The average Bonchev–Trinajstić information content (AvgIpc) is 3.70.